The quantitative estimate of drug-likeness (QED) is 0.647. The Morgan fingerprint density at radius 1 is 1.12 bits per heavy atom. The van der Waals surface area contributed by atoms with Crippen LogP contribution in [-0.2, 0) is 9.47 Å². The second-order valence-corrected chi connectivity index (χ2v) is 8.89. The van der Waals surface area contributed by atoms with Crippen molar-refractivity contribution in [2.75, 3.05) is 39.5 Å². The highest BCUT2D eigenvalue weighted by atomic mass is 16.5. The van der Waals surface area contributed by atoms with Crippen LogP contribution in [0.2, 0.25) is 0 Å². The lowest BCUT2D eigenvalue weighted by atomic mass is 9.79. The van der Waals surface area contributed by atoms with E-state index in [0.717, 1.165) is 44.8 Å². The standard InChI is InChI=1S/C25H34N4O4/c1-3-33-24(31)22-17-27-29(19(22)2)21-9-7-20(8-10-21)23(30)26-18-25(11-5-4-6-12-25)28-13-15-32-16-14-28/h7-10,17H,3-6,11-16,18H2,1-2H3,(H,26,30). The van der Waals surface area contributed by atoms with Gasteiger partial charge in [-0.15, -0.1) is 0 Å². The van der Waals surface area contributed by atoms with Crippen molar-refractivity contribution >= 4 is 11.9 Å². The number of esters is 1. The molecule has 1 aromatic heterocycles. The molecule has 8 heteroatoms. The van der Waals surface area contributed by atoms with Crippen LogP contribution < -0.4 is 5.32 Å². The monoisotopic (exact) mass is 454 g/mol. The number of hydrogen-bond donors (Lipinski definition) is 1. The number of nitrogens with zero attached hydrogens (tertiary/aromatic N) is 3. The molecule has 2 aromatic rings. The Morgan fingerprint density at radius 3 is 2.48 bits per heavy atom. The Bertz CT molecular complexity index is 957. The lowest BCUT2D eigenvalue weighted by molar-refractivity contribution is -0.0361. The fourth-order valence-corrected chi connectivity index (χ4v) is 5.03. The van der Waals surface area contributed by atoms with Gasteiger partial charge in [-0.05, 0) is 51.0 Å². The van der Waals surface area contributed by atoms with Gasteiger partial charge in [-0.2, -0.15) is 5.10 Å². The van der Waals surface area contributed by atoms with Gasteiger partial charge in [0, 0.05) is 30.7 Å². The van der Waals surface area contributed by atoms with E-state index in [2.05, 4.69) is 15.3 Å². The summed E-state index contributed by atoms with van der Waals surface area (Å²) in [6, 6.07) is 7.31. The first-order chi connectivity index (χ1) is 16.0. The summed E-state index contributed by atoms with van der Waals surface area (Å²) in [5, 5.41) is 7.53. The number of carbonyl (C=O) groups is 2. The molecular weight excluding hydrogens is 420 g/mol. The number of benzene rings is 1. The van der Waals surface area contributed by atoms with E-state index in [1.807, 2.05) is 19.1 Å². The van der Waals surface area contributed by atoms with Crippen molar-refractivity contribution in [3.8, 4) is 5.69 Å². The minimum atomic E-state index is -0.380. The van der Waals surface area contributed by atoms with Crippen LogP contribution in [0.3, 0.4) is 0 Å². The predicted molar refractivity (Wildman–Crippen MR) is 125 cm³/mol. The second kappa shape index (κ2) is 10.5. The van der Waals surface area contributed by atoms with Crippen LogP contribution in [0.5, 0.6) is 0 Å². The van der Waals surface area contributed by atoms with Crippen molar-refractivity contribution in [3.05, 3.63) is 47.3 Å². The molecular formula is C25H34N4O4. The van der Waals surface area contributed by atoms with Crippen LogP contribution in [0.1, 0.15) is 65.4 Å². The highest BCUT2D eigenvalue weighted by molar-refractivity contribution is 5.94. The smallest absolute Gasteiger partial charge is 0.341 e. The summed E-state index contributed by atoms with van der Waals surface area (Å²) in [7, 11) is 0. The Hall–Kier alpha value is -2.71. The van der Waals surface area contributed by atoms with Gasteiger partial charge in [0.1, 0.15) is 5.56 Å². The summed E-state index contributed by atoms with van der Waals surface area (Å²) in [4.78, 5) is 27.5. The van der Waals surface area contributed by atoms with Gasteiger partial charge in [0.05, 0.1) is 37.4 Å². The average Bonchev–Trinajstić information content (AvgIpc) is 3.25. The maximum absolute atomic E-state index is 13.0. The molecule has 1 saturated carbocycles. The average molecular weight is 455 g/mol. The third-order valence-corrected chi connectivity index (χ3v) is 6.92. The minimum absolute atomic E-state index is 0.0350. The number of nitrogens with one attached hydrogen (secondary N) is 1. The Labute approximate surface area is 195 Å². The summed E-state index contributed by atoms with van der Waals surface area (Å²) >= 11 is 0. The van der Waals surface area contributed by atoms with Gasteiger partial charge in [0.25, 0.3) is 5.91 Å². The topological polar surface area (TPSA) is 85.7 Å². The summed E-state index contributed by atoms with van der Waals surface area (Å²) in [6.45, 7) is 7.98. The van der Waals surface area contributed by atoms with E-state index in [-0.39, 0.29) is 17.4 Å². The van der Waals surface area contributed by atoms with Gasteiger partial charge in [-0.25, -0.2) is 9.48 Å². The first kappa shape index (κ1) is 23.4. The van der Waals surface area contributed by atoms with Gasteiger partial charge in [0.2, 0.25) is 0 Å². The molecule has 0 atom stereocenters. The fraction of sp³-hybridized carbons (Fsp3) is 0.560. The molecule has 1 N–H and O–H groups in total. The van der Waals surface area contributed by atoms with Crippen molar-refractivity contribution < 1.29 is 19.1 Å². The van der Waals surface area contributed by atoms with E-state index < -0.39 is 0 Å². The van der Waals surface area contributed by atoms with E-state index in [0.29, 0.717) is 30.0 Å². The maximum Gasteiger partial charge on any atom is 0.341 e. The number of morpholine rings is 1. The molecule has 1 saturated heterocycles. The van der Waals surface area contributed by atoms with Crippen LogP contribution in [-0.4, -0.2) is 71.6 Å². The molecule has 2 fully saturated rings. The molecule has 33 heavy (non-hydrogen) atoms. The second-order valence-electron chi connectivity index (χ2n) is 8.89. The van der Waals surface area contributed by atoms with Gasteiger partial charge in [-0.3, -0.25) is 9.69 Å². The molecule has 1 amide bonds. The molecule has 0 bridgehead atoms. The zero-order valence-electron chi connectivity index (χ0n) is 19.6. The van der Waals surface area contributed by atoms with Gasteiger partial charge >= 0.3 is 5.97 Å². The molecule has 2 aliphatic rings. The van der Waals surface area contributed by atoms with E-state index >= 15 is 0 Å². The normalized spacial score (nSPS) is 18.6. The molecule has 1 aliphatic carbocycles. The number of hydrogen-bond acceptors (Lipinski definition) is 6. The lowest BCUT2D eigenvalue weighted by Gasteiger charge is -2.48. The highest BCUT2D eigenvalue weighted by Gasteiger charge is 2.38. The number of carbonyl (C=O) groups excluding carboxylic acids is 2. The molecule has 0 unspecified atom stereocenters. The predicted octanol–water partition coefficient (Wildman–Crippen LogP) is 3.12. The Balaban J connectivity index is 1.42. The van der Waals surface area contributed by atoms with E-state index in [4.69, 9.17) is 9.47 Å². The molecule has 2 heterocycles. The van der Waals surface area contributed by atoms with Crippen molar-refractivity contribution in [3.63, 3.8) is 0 Å². The summed E-state index contributed by atoms with van der Waals surface area (Å²) in [6.07, 6.45) is 7.44. The van der Waals surface area contributed by atoms with Gasteiger partial charge in [0.15, 0.2) is 0 Å². The SMILES string of the molecule is CCOC(=O)c1cnn(-c2ccc(C(=O)NCC3(N4CCOCC4)CCCCC3)cc2)c1C. The van der Waals surface area contributed by atoms with Gasteiger partial charge < -0.3 is 14.8 Å². The number of amides is 1. The van der Waals surface area contributed by atoms with Crippen LogP contribution in [0, 0.1) is 6.92 Å². The van der Waals surface area contributed by atoms with Crippen molar-refractivity contribution in [2.24, 2.45) is 0 Å². The van der Waals surface area contributed by atoms with E-state index in [1.165, 1.54) is 25.5 Å². The largest absolute Gasteiger partial charge is 0.462 e. The summed E-state index contributed by atoms with van der Waals surface area (Å²) < 4.78 is 12.3. The number of ether oxygens (including phenoxy) is 2. The third-order valence-electron chi connectivity index (χ3n) is 6.92. The Morgan fingerprint density at radius 2 is 1.82 bits per heavy atom. The highest BCUT2D eigenvalue weighted by Crippen LogP contribution is 2.34. The van der Waals surface area contributed by atoms with Gasteiger partial charge in [-0.1, -0.05) is 19.3 Å². The van der Waals surface area contributed by atoms with E-state index in [9.17, 15) is 9.59 Å². The molecule has 0 radical (unpaired) electrons. The Kier molecular flexibility index (Phi) is 7.45. The molecule has 1 aromatic carbocycles. The maximum atomic E-state index is 13.0. The van der Waals surface area contributed by atoms with Crippen LogP contribution in [0.15, 0.2) is 30.5 Å². The number of aromatic nitrogens is 2. The molecule has 4 rings (SSSR count). The zero-order valence-corrected chi connectivity index (χ0v) is 19.6. The summed E-state index contributed by atoms with van der Waals surface area (Å²) in [5.41, 5.74) is 2.58. The van der Waals surface area contributed by atoms with Crippen LogP contribution in [0.4, 0.5) is 0 Å². The van der Waals surface area contributed by atoms with E-state index in [1.54, 1.807) is 23.7 Å². The molecule has 178 valence electrons. The molecule has 0 spiro atoms. The van der Waals surface area contributed by atoms with Crippen LogP contribution >= 0.6 is 0 Å². The summed E-state index contributed by atoms with van der Waals surface area (Å²) in [5.74, 6) is -0.446. The fourth-order valence-electron chi connectivity index (χ4n) is 5.03. The first-order valence-corrected chi connectivity index (χ1v) is 12.0. The lowest BCUT2D eigenvalue weighted by Crippen LogP contribution is -2.59. The van der Waals surface area contributed by atoms with Crippen molar-refractivity contribution in [1.29, 1.82) is 0 Å². The third kappa shape index (κ3) is 5.12. The minimum Gasteiger partial charge on any atom is -0.462 e. The van der Waals surface area contributed by atoms with Crippen molar-refractivity contribution in [1.82, 2.24) is 20.0 Å². The molecule has 1 aliphatic heterocycles. The zero-order chi connectivity index (χ0) is 23.3. The van der Waals surface area contributed by atoms with Crippen molar-refractivity contribution in [2.45, 2.75) is 51.5 Å². The van der Waals surface area contributed by atoms with Crippen LogP contribution in [0.25, 0.3) is 5.69 Å². The number of rotatable bonds is 7. The first-order valence-electron chi connectivity index (χ1n) is 12.0. The molecule has 8 nitrogen and oxygen atoms in total.